The summed E-state index contributed by atoms with van der Waals surface area (Å²) in [6.07, 6.45) is 1.83. The van der Waals surface area contributed by atoms with Crippen LogP contribution in [0.4, 0.5) is 5.69 Å². The van der Waals surface area contributed by atoms with Crippen molar-refractivity contribution in [1.82, 2.24) is 0 Å². The van der Waals surface area contributed by atoms with Gasteiger partial charge in [-0.1, -0.05) is 12.1 Å². The Morgan fingerprint density at radius 2 is 2.00 bits per heavy atom. The number of benzene rings is 1. The molecule has 0 amide bonds. The summed E-state index contributed by atoms with van der Waals surface area (Å²) in [5.41, 5.74) is 0.433. The predicted octanol–water partition coefficient (Wildman–Crippen LogP) is 2.97. The van der Waals surface area contributed by atoms with Gasteiger partial charge in [0.15, 0.2) is 0 Å². The van der Waals surface area contributed by atoms with Crippen molar-refractivity contribution in [1.29, 1.82) is 0 Å². The summed E-state index contributed by atoms with van der Waals surface area (Å²) in [4.78, 5) is 11.4. The number of sulfonamides is 1. The molecule has 20 heavy (non-hydrogen) atoms. The Bertz CT molecular complexity index is 737. The minimum Gasteiger partial charge on any atom is -0.477 e. The fourth-order valence-electron chi connectivity index (χ4n) is 1.59. The van der Waals surface area contributed by atoms with Gasteiger partial charge in [-0.3, -0.25) is 4.72 Å². The van der Waals surface area contributed by atoms with E-state index in [-0.39, 0.29) is 9.77 Å². The lowest BCUT2D eigenvalue weighted by molar-refractivity contribution is 0.0698. The van der Waals surface area contributed by atoms with Crippen LogP contribution < -0.4 is 4.72 Å². The van der Waals surface area contributed by atoms with Gasteiger partial charge in [-0.2, -0.15) is 0 Å². The molecule has 1 heterocycles. The van der Waals surface area contributed by atoms with Gasteiger partial charge in [-0.05, 0) is 29.8 Å². The zero-order valence-corrected chi connectivity index (χ0v) is 12.8. The first-order chi connectivity index (χ1) is 9.45. The highest BCUT2D eigenvalue weighted by Gasteiger charge is 2.24. The van der Waals surface area contributed by atoms with Gasteiger partial charge in [-0.25, -0.2) is 13.2 Å². The lowest BCUT2D eigenvalue weighted by Crippen LogP contribution is -2.15. The van der Waals surface area contributed by atoms with Gasteiger partial charge in [-0.15, -0.1) is 23.1 Å². The normalized spacial score (nSPS) is 11.2. The summed E-state index contributed by atoms with van der Waals surface area (Å²) in [5.74, 6) is -1.25. The number of nitrogens with one attached hydrogen (secondary N) is 1. The average molecular weight is 329 g/mol. The molecule has 106 valence electrons. The molecule has 0 saturated carbocycles. The van der Waals surface area contributed by atoms with E-state index in [1.54, 1.807) is 24.3 Å². The molecule has 0 atom stereocenters. The number of thioether (sulfide) groups is 1. The Labute approximate surface area is 124 Å². The molecule has 1 aromatic carbocycles. The second-order valence-electron chi connectivity index (χ2n) is 3.72. The van der Waals surface area contributed by atoms with Crippen molar-refractivity contribution in [3.8, 4) is 0 Å². The van der Waals surface area contributed by atoms with Gasteiger partial charge in [0.1, 0.15) is 9.77 Å². The number of carboxylic acids is 1. The largest absolute Gasteiger partial charge is 0.477 e. The van der Waals surface area contributed by atoms with Crippen LogP contribution in [0.1, 0.15) is 9.67 Å². The molecule has 2 rings (SSSR count). The fourth-order valence-corrected chi connectivity index (χ4v) is 4.55. The molecule has 5 nitrogen and oxygen atoms in total. The lowest BCUT2D eigenvalue weighted by atomic mass is 10.3. The highest BCUT2D eigenvalue weighted by atomic mass is 32.2. The molecule has 0 radical (unpaired) electrons. The number of hydrogen-bond donors (Lipinski definition) is 2. The Hall–Kier alpha value is -1.51. The Balaban J connectivity index is 2.41. The van der Waals surface area contributed by atoms with Crippen molar-refractivity contribution in [2.75, 3.05) is 11.0 Å². The quantitative estimate of drug-likeness (QED) is 0.824. The van der Waals surface area contributed by atoms with Gasteiger partial charge >= 0.3 is 5.97 Å². The van der Waals surface area contributed by atoms with Crippen molar-refractivity contribution >= 4 is 44.8 Å². The van der Waals surface area contributed by atoms with E-state index in [4.69, 9.17) is 5.11 Å². The zero-order chi connectivity index (χ0) is 14.8. The fraction of sp³-hybridized carbons (Fsp3) is 0.0833. The number of carbonyl (C=O) groups is 1. The Kier molecular flexibility index (Phi) is 4.36. The van der Waals surface area contributed by atoms with E-state index >= 15 is 0 Å². The first kappa shape index (κ1) is 14.9. The van der Waals surface area contributed by atoms with Gasteiger partial charge in [0.2, 0.25) is 0 Å². The minimum absolute atomic E-state index is 0.195. The number of rotatable bonds is 5. The number of thiophene rings is 1. The minimum atomic E-state index is -3.91. The third kappa shape index (κ3) is 2.97. The van der Waals surface area contributed by atoms with Gasteiger partial charge in [0.25, 0.3) is 10.0 Å². The van der Waals surface area contributed by atoms with E-state index in [0.717, 1.165) is 16.2 Å². The summed E-state index contributed by atoms with van der Waals surface area (Å²) < 4.78 is 27.0. The van der Waals surface area contributed by atoms with Crippen LogP contribution in [0.15, 0.2) is 45.5 Å². The molecule has 2 N–H and O–H groups in total. The number of hydrogen-bond acceptors (Lipinski definition) is 5. The molecule has 0 aliphatic rings. The summed E-state index contributed by atoms with van der Waals surface area (Å²) >= 11 is 2.28. The molecule has 0 aliphatic heterocycles. The summed E-state index contributed by atoms with van der Waals surface area (Å²) in [6, 6.07) is 8.22. The third-order valence-electron chi connectivity index (χ3n) is 2.46. The monoisotopic (exact) mass is 329 g/mol. The van der Waals surface area contributed by atoms with Crippen molar-refractivity contribution in [3.05, 3.63) is 40.6 Å². The SMILES string of the molecule is CSc1ccccc1NS(=O)(=O)c1ccsc1C(=O)O. The average Bonchev–Trinajstić information content (AvgIpc) is 2.89. The van der Waals surface area contributed by atoms with Crippen LogP contribution in [-0.4, -0.2) is 25.7 Å². The standard InChI is InChI=1S/C12H11NO4S3/c1-18-9-5-3-2-4-8(9)13-20(16,17)10-6-7-19-11(10)12(14)15/h2-7,13H,1H3,(H,14,15). The van der Waals surface area contributed by atoms with Crippen LogP contribution in [-0.2, 0) is 10.0 Å². The van der Waals surface area contributed by atoms with Crippen molar-refractivity contribution < 1.29 is 18.3 Å². The maximum absolute atomic E-state index is 12.3. The third-order valence-corrected chi connectivity index (χ3v) is 5.70. The molecule has 0 aliphatic carbocycles. The smallest absolute Gasteiger partial charge is 0.347 e. The highest BCUT2D eigenvalue weighted by Crippen LogP contribution is 2.29. The number of carboxylic acid groups (broad SMARTS) is 1. The number of aromatic carboxylic acids is 1. The number of para-hydroxylation sites is 1. The van der Waals surface area contributed by atoms with E-state index < -0.39 is 16.0 Å². The first-order valence-electron chi connectivity index (χ1n) is 5.42. The molecular formula is C12H11NO4S3. The summed E-state index contributed by atoms with van der Waals surface area (Å²) in [5, 5.41) is 10.4. The van der Waals surface area contributed by atoms with E-state index in [0.29, 0.717) is 5.69 Å². The molecular weight excluding hydrogens is 318 g/mol. The van der Waals surface area contributed by atoms with Crippen molar-refractivity contribution in [2.45, 2.75) is 9.79 Å². The van der Waals surface area contributed by atoms with Crippen LogP contribution in [0, 0.1) is 0 Å². The van der Waals surface area contributed by atoms with Crippen LogP contribution in [0.3, 0.4) is 0 Å². The Morgan fingerprint density at radius 3 is 2.65 bits per heavy atom. The van der Waals surface area contributed by atoms with E-state index in [9.17, 15) is 13.2 Å². The topological polar surface area (TPSA) is 83.5 Å². The van der Waals surface area contributed by atoms with Crippen LogP contribution >= 0.6 is 23.1 Å². The molecule has 0 saturated heterocycles. The van der Waals surface area contributed by atoms with Gasteiger partial charge in [0.05, 0.1) is 5.69 Å². The second kappa shape index (κ2) is 5.86. The van der Waals surface area contributed by atoms with Crippen LogP contribution in [0.2, 0.25) is 0 Å². The van der Waals surface area contributed by atoms with Gasteiger partial charge < -0.3 is 5.11 Å². The molecule has 8 heteroatoms. The van der Waals surface area contributed by atoms with Crippen LogP contribution in [0.25, 0.3) is 0 Å². The van der Waals surface area contributed by atoms with E-state index in [1.807, 2.05) is 6.26 Å². The maximum Gasteiger partial charge on any atom is 0.347 e. The predicted molar refractivity (Wildman–Crippen MR) is 80.3 cm³/mol. The van der Waals surface area contributed by atoms with Crippen molar-refractivity contribution in [2.24, 2.45) is 0 Å². The lowest BCUT2D eigenvalue weighted by Gasteiger charge is -2.10. The molecule has 0 fully saturated rings. The first-order valence-corrected chi connectivity index (χ1v) is 9.01. The number of anilines is 1. The van der Waals surface area contributed by atoms with E-state index in [1.165, 1.54) is 23.2 Å². The molecule has 0 unspecified atom stereocenters. The molecule has 0 spiro atoms. The van der Waals surface area contributed by atoms with Crippen molar-refractivity contribution in [3.63, 3.8) is 0 Å². The molecule has 0 bridgehead atoms. The van der Waals surface area contributed by atoms with Crippen LogP contribution in [0.5, 0.6) is 0 Å². The van der Waals surface area contributed by atoms with Gasteiger partial charge in [0, 0.05) is 4.90 Å². The summed E-state index contributed by atoms with van der Waals surface area (Å²) in [7, 11) is -3.91. The maximum atomic E-state index is 12.3. The molecule has 1 aromatic heterocycles. The molecule has 2 aromatic rings. The second-order valence-corrected chi connectivity index (χ2v) is 7.14. The Morgan fingerprint density at radius 1 is 1.30 bits per heavy atom. The summed E-state index contributed by atoms with van der Waals surface area (Å²) in [6.45, 7) is 0. The highest BCUT2D eigenvalue weighted by molar-refractivity contribution is 7.99. The van der Waals surface area contributed by atoms with E-state index in [2.05, 4.69) is 4.72 Å². The zero-order valence-electron chi connectivity index (χ0n) is 10.4.